The van der Waals surface area contributed by atoms with E-state index in [0.29, 0.717) is 4.99 Å². The number of hydrogen-bond acceptors (Lipinski definition) is 3. The van der Waals surface area contributed by atoms with Crippen molar-refractivity contribution in [2.75, 3.05) is 5.75 Å². The second-order valence-corrected chi connectivity index (χ2v) is 8.47. The Kier molecular flexibility index (Phi) is 5.00. The lowest BCUT2D eigenvalue weighted by Crippen LogP contribution is -2.61. The Morgan fingerprint density at radius 1 is 1.40 bits per heavy atom. The van der Waals surface area contributed by atoms with Gasteiger partial charge in [0.25, 0.3) is 0 Å². The van der Waals surface area contributed by atoms with Crippen LogP contribution in [0.2, 0.25) is 0 Å². The van der Waals surface area contributed by atoms with Crippen LogP contribution in [0.1, 0.15) is 58.8 Å². The lowest BCUT2D eigenvalue weighted by Gasteiger charge is -2.41. The van der Waals surface area contributed by atoms with Gasteiger partial charge in [-0.15, -0.1) is 11.8 Å². The fourth-order valence-corrected chi connectivity index (χ4v) is 4.78. The van der Waals surface area contributed by atoms with Crippen molar-refractivity contribution >= 4 is 34.9 Å². The van der Waals surface area contributed by atoms with Crippen LogP contribution in [0.15, 0.2) is 0 Å². The summed E-state index contributed by atoms with van der Waals surface area (Å²) in [5.74, 6) is 1.95. The maximum absolute atomic E-state index is 12.6. The van der Waals surface area contributed by atoms with Crippen molar-refractivity contribution < 1.29 is 4.79 Å². The van der Waals surface area contributed by atoms with Crippen molar-refractivity contribution in [1.29, 1.82) is 0 Å². The van der Waals surface area contributed by atoms with Gasteiger partial charge in [0.05, 0.1) is 15.3 Å². The zero-order valence-electron chi connectivity index (χ0n) is 12.5. The van der Waals surface area contributed by atoms with Crippen LogP contribution in [-0.4, -0.2) is 26.9 Å². The van der Waals surface area contributed by atoms with E-state index in [1.54, 1.807) is 11.8 Å². The van der Waals surface area contributed by atoms with Gasteiger partial charge >= 0.3 is 0 Å². The van der Waals surface area contributed by atoms with Gasteiger partial charge in [0.15, 0.2) is 0 Å². The fourth-order valence-electron chi connectivity index (χ4n) is 3.32. The first-order valence-corrected chi connectivity index (χ1v) is 9.08. The molecule has 1 heterocycles. The maximum Gasteiger partial charge on any atom is 0.236 e. The normalized spacial score (nSPS) is 37.6. The Bertz CT molecular complexity index is 383. The smallest absolute Gasteiger partial charge is 0.236 e. The number of thioether (sulfide) groups is 1. The molecular weight excluding hydrogens is 288 g/mol. The van der Waals surface area contributed by atoms with E-state index >= 15 is 0 Å². The summed E-state index contributed by atoms with van der Waals surface area (Å²) in [6, 6.07) is 0. The minimum atomic E-state index is -0.440. The van der Waals surface area contributed by atoms with Crippen LogP contribution in [0.25, 0.3) is 0 Å². The molecule has 1 saturated heterocycles. The second kappa shape index (κ2) is 6.22. The summed E-state index contributed by atoms with van der Waals surface area (Å²) in [6.07, 6.45) is 7.28. The van der Waals surface area contributed by atoms with E-state index in [1.165, 1.54) is 6.42 Å². The molecule has 1 aliphatic heterocycles. The average molecular weight is 315 g/mol. The van der Waals surface area contributed by atoms with Crippen LogP contribution in [0.3, 0.4) is 0 Å². The summed E-state index contributed by atoms with van der Waals surface area (Å²) < 4.78 is -0.292. The zero-order chi connectivity index (χ0) is 14.8. The lowest BCUT2D eigenvalue weighted by molar-refractivity contribution is -0.124. The van der Waals surface area contributed by atoms with Gasteiger partial charge in [0, 0.05) is 0 Å². The molecule has 2 rings (SSSR count). The molecule has 0 aromatic heterocycles. The van der Waals surface area contributed by atoms with Gasteiger partial charge in [-0.2, -0.15) is 0 Å². The summed E-state index contributed by atoms with van der Waals surface area (Å²) in [4.78, 5) is 13.1. The van der Waals surface area contributed by atoms with Crippen molar-refractivity contribution in [3.05, 3.63) is 0 Å². The molecule has 1 aliphatic carbocycles. The van der Waals surface area contributed by atoms with Gasteiger partial charge in [0.1, 0.15) is 0 Å². The first-order valence-electron chi connectivity index (χ1n) is 7.68. The van der Waals surface area contributed by atoms with Crippen molar-refractivity contribution in [3.8, 4) is 0 Å². The molecule has 3 N–H and O–H groups in total. The number of rotatable bonds is 4. The first-order chi connectivity index (χ1) is 9.42. The number of carbonyl (C=O) groups is 1. The van der Waals surface area contributed by atoms with E-state index in [1.807, 2.05) is 6.92 Å². The Morgan fingerprint density at radius 2 is 2.05 bits per heavy atom. The molecule has 5 heteroatoms. The van der Waals surface area contributed by atoms with Crippen molar-refractivity contribution in [3.63, 3.8) is 0 Å². The third kappa shape index (κ3) is 3.14. The van der Waals surface area contributed by atoms with Crippen molar-refractivity contribution in [2.45, 2.75) is 69.1 Å². The molecule has 0 bridgehead atoms. The SMILES string of the molecule is CCC1CCC(NC(=O)C2(C)CCCS2)(C(N)=S)CC1. The average Bonchev–Trinajstić information content (AvgIpc) is 2.87. The van der Waals surface area contributed by atoms with Gasteiger partial charge in [-0.3, -0.25) is 4.79 Å². The van der Waals surface area contributed by atoms with Gasteiger partial charge in [0.2, 0.25) is 5.91 Å². The molecule has 1 unspecified atom stereocenters. The Labute approximate surface area is 131 Å². The van der Waals surface area contributed by atoms with Crippen LogP contribution >= 0.6 is 24.0 Å². The number of thiocarbonyl (C=S) groups is 1. The molecule has 2 aliphatic rings. The number of nitrogens with one attached hydrogen (secondary N) is 1. The van der Waals surface area contributed by atoms with Crippen LogP contribution in [0.5, 0.6) is 0 Å². The van der Waals surface area contributed by atoms with E-state index in [2.05, 4.69) is 12.2 Å². The minimum absolute atomic E-state index is 0.128. The van der Waals surface area contributed by atoms with Gasteiger partial charge in [-0.05, 0) is 57.1 Å². The highest BCUT2D eigenvalue weighted by atomic mass is 32.2. The molecule has 0 aromatic rings. The van der Waals surface area contributed by atoms with E-state index in [-0.39, 0.29) is 10.7 Å². The van der Waals surface area contributed by atoms with Crippen molar-refractivity contribution in [1.82, 2.24) is 5.32 Å². The molecule has 114 valence electrons. The molecule has 1 saturated carbocycles. The molecule has 2 fully saturated rings. The highest BCUT2D eigenvalue weighted by Crippen LogP contribution is 2.40. The molecule has 20 heavy (non-hydrogen) atoms. The van der Waals surface area contributed by atoms with E-state index in [9.17, 15) is 4.79 Å². The van der Waals surface area contributed by atoms with Gasteiger partial charge < -0.3 is 11.1 Å². The highest BCUT2D eigenvalue weighted by molar-refractivity contribution is 8.01. The number of carbonyl (C=O) groups excluding carboxylic acids is 1. The zero-order valence-corrected chi connectivity index (χ0v) is 14.2. The summed E-state index contributed by atoms with van der Waals surface area (Å²) in [5.41, 5.74) is 5.55. The second-order valence-electron chi connectivity index (χ2n) is 6.43. The summed E-state index contributed by atoms with van der Waals surface area (Å²) in [5, 5.41) is 3.23. The standard InChI is InChI=1S/C15H26N2OS2/c1-3-11-5-8-15(9-6-11,12(16)19)17-13(18)14(2)7-4-10-20-14/h11H,3-10H2,1-2H3,(H2,16,19)(H,17,18). The monoisotopic (exact) mass is 314 g/mol. The largest absolute Gasteiger partial charge is 0.391 e. The van der Waals surface area contributed by atoms with Crippen LogP contribution < -0.4 is 11.1 Å². The van der Waals surface area contributed by atoms with Gasteiger partial charge in [-0.25, -0.2) is 0 Å². The van der Waals surface area contributed by atoms with Crippen LogP contribution in [-0.2, 0) is 4.79 Å². The molecule has 0 spiro atoms. The fraction of sp³-hybridized carbons (Fsp3) is 0.867. The number of nitrogens with two attached hydrogens (primary N) is 1. The Morgan fingerprint density at radius 3 is 2.50 bits per heavy atom. The quantitative estimate of drug-likeness (QED) is 0.783. The Balaban J connectivity index is 2.06. The third-order valence-corrected chi connectivity index (χ3v) is 6.97. The van der Waals surface area contributed by atoms with Crippen LogP contribution in [0, 0.1) is 5.92 Å². The molecule has 0 aromatic carbocycles. The number of hydrogen-bond donors (Lipinski definition) is 2. The first kappa shape index (κ1) is 16.1. The van der Waals surface area contributed by atoms with E-state index in [4.69, 9.17) is 18.0 Å². The minimum Gasteiger partial charge on any atom is -0.391 e. The summed E-state index contributed by atoms with van der Waals surface area (Å²) >= 11 is 7.05. The molecule has 3 nitrogen and oxygen atoms in total. The third-order valence-electron chi connectivity index (χ3n) is 5.06. The van der Waals surface area contributed by atoms with E-state index in [0.717, 1.165) is 50.2 Å². The molecular formula is C15H26N2OS2. The summed E-state index contributed by atoms with van der Waals surface area (Å²) in [7, 11) is 0. The maximum atomic E-state index is 12.6. The predicted octanol–water partition coefficient (Wildman–Crippen LogP) is 3.01. The molecule has 0 radical (unpaired) electrons. The summed E-state index contributed by atoms with van der Waals surface area (Å²) in [6.45, 7) is 4.28. The van der Waals surface area contributed by atoms with Crippen LogP contribution in [0.4, 0.5) is 0 Å². The molecule has 1 amide bonds. The Hall–Kier alpha value is -0.290. The van der Waals surface area contributed by atoms with Gasteiger partial charge in [-0.1, -0.05) is 25.6 Å². The van der Waals surface area contributed by atoms with E-state index < -0.39 is 5.54 Å². The molecule has 1 atom stereocenters. The highest BCUT2D eigenvalue weighted by Gasteiger charge is 2.44. The predicted molar refractivity (Wildman–Crippen MR) is 90.0 cm³/mol. The number of amides is 1. The topological polar surface area (TPSA) is 55.1 Å². The lowest BCUT2D eigenvalue weighted by atomic mass is 9.75. The van der Waals surface area contributed by atoms with Crippen molar-refractivity contribution in [2.24, 2.45) is 11.7 Å².